The van der Waals surface area contributed by atoms with E-state index in [-0.39, 0.29) is 0 Å². The maximum atomic E-state index is 13.1. The highest BCUT2D eigenvalue weighted by molar-refractivity contribution is 7.86. The molecule has 0 aliphatic carbocycles. The van der Waals surface area contributed by atoms with Crippen molar-refractivity contribution in [2.75, 3.05) is 6.61 Å². The maximum absolute atomic E-state index is 13.1. The lowest BCUT2D eigenvalue weighted by Crippen LogP contribution is -2.46. The standard InChI is InChI=1S/C7H12F2O5S/c1-5(10)14-4-6(2,3)7(8,9)15(11,12)13/h4H2,1-3H3,(H,11,12,13). The van der Waals surface area contributed by atoms with E-state index in [9.17, 15) is 22.0 Å². The first-order valence-corrected chi connectivity index (χ1v) is 5.34. The quantitative estimate of drug-likeness (QED) is 0.592. The number of hydrogen-bond donors (Lipinski definition) is 1. The zero-order chi connectivity index (χ0) is 12.5. The molecule has 0 aromatic carbocycles. The fourth-order valence-corrected chi connectivity index (χ4v) is 1.47. The number of carbonyl (C=O) groups excluding carboxylic acids is 1. The minimum Gasteiger partial charge on any atom is -0.465 e. The van der Waals surface area contributed by atoms with Gasteiger partial charge in [-0.15, -0.1) is 0 Å². The van der Waals surface area contributed by atoms with Gasteiger partial charge in [-0.25, -0.2) is 0 Å². The Kier molecular flexibility index (Phi) is 3.81. The largest absolute Gasteiger partial charge is 0.465 e. The average molecular weight is 246 g/mol. The van der Waals surface area contributed by atoms with E-state index in [0.29, 0.717) is 0 Å². The van der Waals surface area contributed by atoms with Gasteiger partial charge in [0.15, 0.2) is 0 Å². The Morgan fingerprint density at radius 1 is 1.40 bits per heavy atom. The van der Waals surface area contributed by atoms with Gasteiger partial charge in [0.2, 0.25) is 0 Å². The lowest BCUT2D eigenvalue weighted by molar-refractivity contribution is -0.150. The molecule has 90 valence electrons. The summed E-state index contributed by atoms with van der Waals surface area (Å²) in [5, 5.41) is -4.38. The van der Waals surface area contributed by atoms with Crippen LogP contribution in [0.15, 0.2) is 0 Å². The van der Waals surface area contributed by atoms with Crippen LogP contribution in [0.4, 0.5) is 8.78 Å². The minimum atomic E-state index is -5.53. The molecule has 0 unspecified atom stereocenters. The molecule has 0 spiro atoms. The summed E-state index contributed by atoms with van der Waals surface area (Å²) in [7, 11) is -5.53. The molecule has 0 aliphatic heterocycles. The van der Waals surface area contributed by atoms with E-state index in [4.69, 9.17) is 4.55 Å². The van der Waals surface area contributed by atoms with E-state index in [2.05, 4.69) is 4.74 Å². The zero-order valence-corrected chi connectivity index (χ0v) is 9.27. The van der Waals surface area contributed by atoms with E-state index in [0.717, 1.165) is 20.8 Å². The summed E-state index contributed by atoms with van der Waals surface area (Å²) in [5.41, 5.74) is -2.20. The van der Waals surface area contributed by atoms with Gasteiger partial charge in [0, 0.05) is 6.92 Å². The summed E-state index contributed by atoms with van der Waals surface area (Å²) < 4.78 is 59.7. The zero-order valence-electron chi connectivity index (χ0n) is 8.45. The summed E-state index contributed by atoms with van der Waals surface area (Å²) in [4.78, 5) is 10.4. The first-order chi connectivity index (χ1) is 6.42. The molecule has 0 saturated heterocycles. The molecular weight excluding hydrogens is 234 g/mol. The third-order valence-corrected chi connectivity index (χ3v) is 2.95. The predicted octanol–water partition coefficient (Wildman–Crippen LogP) is 1.06. The second kappa shape index (κ2) is 4.01. The number of hydrogen-bond acceptors (Lipinski definition) is 4. The third-order valence-electron chi connectivity index (χ3n) is 1.75. The van der Waals surface area contributed by atoms with Gasteiger partial charge >= 0.3 is 21.3 Å². The summed E-state index contributed by atoms with van der Waals surface area (Å²) in [6, 6.07) is 0. The Bertz CT molecular complexity index is 346. The molecule has 15 heavy (non-hydrogen) atoms. The van der Waals surface area contributed by atoms with Gasteiger partial charge in [-0.1, -0.05) is 0 Å². The van der Waals surface area contributed by atoms with Crippen molar-refractivity contribution in [3.05, 3.63) is 0 Å². The van der Waals surface area contributed by atoms with Crippen molar-refractivity contribution in [3.8, 4) is 0 Å². The van der Waals surface area contributed by atoms with Gasteiger partial charge in [-0.05, 0) is 13.8 Å². The lowest BCUT2D eigenvalue weighted by atomic mass is 9.95. The van der Waals surface area contributed by atoms with Gasteiger partial charge in [-0.3, -0.25) is 9.35 Å². The van der Waals surface area contributed by atoms with E-state index >= 15 is 0 Å². The van der Waals surface area contributed by atoms with Crippen molar-refractivity contribution in [1.29, 1.82) is 0 Å². The van der Waals surface area contributed by atoms with Crippen molar-refractivity contribution < 1.29 is 31.3 Å². The van der Waals surface area contributed by atoms with Crippen LogP contribution in [0.5, 0.6) is 0 Å². The van der Waals surface area contributed by atoms with E-state index in [1.165, 1.54) is 0 Å². The molecule has 0 heterocycles. The van der Waals surface area contributed by atoms with E-state index in [1.54, 1.807) is 0 Å². The lowest BCUT2D eigenvalue weighted by Gasteiger charge is -2.30. The van der Waals surface area contributed by atoms with Crippen LogP contribution < -0.4 is 0 Å². The first kappa shape index (κ1) is 14.2. The minimum absolute atomic E-state index is 0.810. The summed E-state index contributed by atoms with van der Waals surface area (Å²) in [6.07, 6.45) is 0. The molecule has 0 aliphatic rings. The van der Waals surface area contributed by atoms with Gasteiger partial charge in [0.05, 0.1) is 5.41 Å². The van der Waals surface area contributed by atoms with Gasteiger partial charge in [0.1, 0.15) is 6.61 Å². The number of rotatable bonds is 4. The highest BCUT2D eigenvalue weighted by Crippen LogP contribution is 2.40. The second-order valence-electron chi connectivity index (χ2n) is 3.66. The number of alkyl halides is 2. The second-order valence-corrected chi connectivity index (χ2v) is 5.12. The highest BCUT2D eigenvalue weighted by atomic mass is 32.2. The molecule has 1 N–H and O–H groups in total. The monoisotopic (exact) mass is 246 g/mol. The SMILES string of the molecule is CC(=O)OCC(C)(C)C(F)(F)S(=O)(=O)O. The fourth-order valence-electron chi connectivity index (χ4n) is 0.715. The molecule has 5 nitrogen and oxygen atoms in total. The van der Waals surface area contributed by atoms with Crippen LogP contribution in [0, 0.1) is 5.41 Å². The molecule has 0 rings (SSSR count). The van der Waals surface area contributed by atoms with Crippen LogP contribution in [0.3, 0.4) is 0 Å². The molecular formula is C7H12F2O5S. The molecule has 0 bridgehead atoms. The molecule has 0 atom stereocenters. The van der Waals surface area contributed by atoms with Gasteiger partial charge < -0.3 is 4.74 Å². The molecule has 0 radical (unpaired) electrons. The topological polar surface area (TPSA) is 80.7 Å². The van der Waals surface area contributed by atoms with Crippen LogP contribution in [-0.2, 0) is 19.6 Å². The maximum Gasteiger partial charge on any atom is 0.378 e. The normalized spacial score (nSPS) is 13.7. The fraction of sp³-hybridized carbons (Fsp3) is 0.857. The van der Waals surface area contributed by atoms with Crippen LogP contribution in [-0.4, -0.2) is 30.8 Å². The number of halogens is 2. The molecule has 0 amide bonds. The average Bonchev–Trinajstić information content (AvgIpc) is 1.98. The van der Waals surface area contributed by atoms with E-state index < -0.39 is 33.4 Å². The number of carbonyl (C=O) groups is 1. The molecule has 0 saturated carbocycles. The Balaban J connectivity index is 4.94. The first-order valence-electron chi connectivity index (χ1n) is 3.90. The van der Waals surface area contributed by atoms with Crippen LogP contribution in [0.25, 0.3) is 0 Å². The summed E-state index contributed by atoms with van der Waals surface area (Å²) >= 11 is 0. The van der Waals surface area contributed by atoms with Gasteiger partial charge in [-0.2, -0.15) is 17.2 Å². The molecule has 0 aromatic heterocycles. The number of esters is 1. The van der Waals surface area contributed by atoms with Crippen LogP contribution in [0.2, 0.25) is 0 Å². The molecule has 8 heteroatoms. The summed E-state index contributed by atoms with van der Waals surface area (Å²) in [6.45, 7) is 1.92. The van der Waals surface area contributed by atoms with Gasteiger partial charge in [0.25, 0.3) is 0 Å². The van der Waals surface area contributed by atoms with Crippen molar-refractivity contribution in [2.24, 2.45) is 5.41 Å². The molecule has 0 fully saturated rings. The van der Waals surface area contributed by atoms with Crippen molar-refractivity contribution in [1.82, 2.24) is 0 Å². The highest BCUT2D eigenvalue weighted by Gasteiger charge is 2.57. The summed E-state index contributed by atoms with van der Waals surface area (Å²) in [5.74, 6) is -0.811. The molecule has 0 aromatic rings. The van der Waals surface area contributed by atoms with Crippen molar-refractivity contribution >= 4 is 16.1 Å². The Hall–Kier alpha value is -0.760. The van der Waals surface area contributed by atoms with E-state index in [1.807, 2.05) is 0 Å². The number of ether oxygens (including phenoxy) is 1. The van der Waals surface area contributed by atoms with Crippen molar-refractivity contribution in [3.63, 3.8) is 0 Å². The Labute approximate surface area is 86.2 Å². The van der Waals surface area contributed by atoms with Crippen LogP contribution in [0.1, 0.15) is 20.8 Å². The predicted molar refractivity (Wildman–Crippen MR) is 46.9 cm³/mol. The third kappa shape index (κ3) is 3.10. The van der Waals surface area contributed by atoms with Crippen LogP contribution >= 0.6 is 0 Å². The Morgan fingerprint density at radius 3 is 2.07 bits per heavy atom. The van der Waals surface area contributed by atoms with Crippen molar-refractivity contribution in [2.45, 2.75) is 26.0 Å². The smallest absolute Gasteiger partial charge is 0.378 e. The Morgan fingerprint density at radius 2 is 1.80 bits per heavy atom.